The first-order valence-corrected chi connectivity index (χ1v) is 8.06. The fourth-order valence-electron chi connectivity index (χ4n) is 2.77. The van der Waals surface area contributed by atoms with E-state index < -0.39 is 0 Å². The number of aryl methyl sites for hydroxylation is 4. The first-order valence-electron chi connectivity index (χ1n) is 8.06. The second kappa shape index (κ2) is 6.39. The van der Waals surface area contributed by atoms with E-state index in [9.17, 15) is 4.79 Å². The zero-order valence-electron chi connectivity index (χ0n) is 14.4. The second-order valence-electron chi connectivity index (χ2n) is 5.90. The predicted molar refractivity (Wildman–Crippen MR) is 92.6 cm³/mol. The maximum Gasteiger partial charge on any atom is 0.254 e. The standard InChI is InChI=1S/C18H21N5O/c1-5-14-6-8-15(9-7-14)23-17(20-13(4)22-23)10-16-11(2)19-12(3)21-18(16)24/h6-9H,5,10H2,1-4H3,(H,19,21,24). The summed E-state index contributed by atoms with van der Waals surface area (Å²) in [6.45, 7) is 7.60. The molecule has 0 amide bonds. The van der Waals surface area contributed by atoms with Crippen LogP contribution in [0.4, 0.5) is 0 Å². The highest BCUT2D eigenvalue weighted by Crippen LogP contribution is 2.15. The number of H-pyrrole nitrogens is 1. The Morgan fingerprint density at radius 1 is 1.08 bits per heavy atom. The molecule has 0 spiro atoms. The van der Waals surface area contributed by atoms with Gasteiger partial charge in [-0.15, -0.1) is 0 Å². The molecule has 0 aliphatic heterocycles. The Labute approximate surface area is 140 Å². The van der Waals surface area contributed by atoms with E-state index in [0.29, 0.717) is 23.6 Å². The van der Waals surface area contributed by atoms with E-state index in [2.05, 4.69) is 39.1 Å². The Morgan fingerprint density at radius 3 is 2.42 bits per heavy atom. The zero-order chi connectivity index (χ0) is 17.3. The van der Waals surface area contributed by atoms with Gasteiger partial charge in [-0.2, -0.15) is 5.10 Å². The van der Waals surface area contributed by atoms with E-state index in [0.717, 1.165) is 23.6 Å². The van der Waals surface area contributed by atoms with Crippen LogP contribution in [0.3, 0.4) is 0 Å². The van der Waals surface area contributed by atoms with Gasteiger partial charge in [0.25, 0.3) is 5.56 Å². The summed E-state index contributed by atoms with van der Waals surface area (Å²) < 4.78 is 1.80. The number of hydrogen-bond donors (Lipinski definition) is 1. The van der Waals surface area contributed by atoms with Crippen LogP contribution in [0.5, 0.6) is 0 Å². The average Bonchev–Trinajstić information content (AvgIpc) is 2.91. The molecule has 3 aromatic rings. The van der Waals surface area contributed by atoms with Crippen molar-refractivity contribution < 1.29 is 0 Å². The van der Waals surface area contributed by atoms with Crippen molar-refractivity contribution >= 4 is 0 Å². The van der Waals surface area contributed by atoms with Crippen LogP contribution in [0, 0.1) is 20.8 Å². The van der Waals surface area contributed by atoms with E-state index in [1.54, 1.807) is 11.6 Å². The third kappa shape index (κ3) is 3.13. The van der Waals surface area contributed by atoms with Gasteiger partial charge >= 0.3 is 0 Å². The molecule has 0 fully saturated rings. The molecule has 124 valence electrons. The summed E-state index contributed by atoms with van der Waals surface area (Å²) in [5.41, 5.74) is 3.45. The van der Waals surface area contributed by atoms with Crippen molar-refractivity contribution in [1.82, 2.24) is 24.7 Å². The van der Waals surface area contributed by atoms with Crippen molar-refractivity contribution in [1.29, 1.82) is 0 Å². The Kier molecular flexibility index (Phi) is 4.29. The number of benzene rings is 1. The average molecular weight is 323 g/mol. The van der Waals surface area contributed by atoms with Crippen LogP contribution in [-0.4, -0.2) is 24.7 Å². The lowest BCUT2D eigenvalue weighted by molar-refractivity contribution is 0.795. The van der Waals surface area contributed by atoms with Crippen LogP contribution in [-0.2, 0) is 12.8 Å². The van der Waals surface area contributed by atoms with E-state index in [-0.39, 0.29) is 5.56 Å². The lowest BCUT2D eigenvalue weighted by atomic mass is 10.1. The van der Waals surface area contributed by atoms with Gasteiger partial charge in [0.15, 0.2) is 0 Å². The smallest absolute Gasteiger partial charge is 0.254 e. The molecule has 0 atom stereocenters. The van der Waals surface area contributed by atoms with Crippen LogP contribution >= 0.6 is 0 Å². The summed E-state index contributed by atoms with van der Waals surface area (Å²) in [6.07, 6.45) is 1.39. The molecular weight excluding hydrogens is 302 g/mol. The van der Waals surface area contributed by atoms with Crippen molar-refractivity contribution in [2.45, 2.75) is 40.5 Å². The van der Waals surface area contributed by atoms with Gasteiger partial charge in [-0.3, -0.25) is 4.79 Å². The quantitative estimate of drug-likeness (QED) is 0.800. The maximum atomic E-state index is 12.3. The molecule has 1 N–H and O–H groups in total. The third-order valence-electron chi connectivity index (χ3n) is 4.04. The third-order valence-corrected chi connectivity index (χ3v) is 4.04. The number of rotatable bonds is 4. The van der Waals surface area contributed by atoms with E-state index in [1.807, 2.05) is 26.0 Å². The van der Waals surface area contributed by atoms with Gasteiger partial charge in [-0.1, -0.05) is 19.1 Å². The Hall–Kier alpha value is -2.76. The van der Waals surface area contributed by atoms with Gasteiger partial charge < -0.3 is 4.98 Å². The molecule has 6 heteroatoms. The minimum Gasteiger partial charge on any atom is -0.311 e. The normalized spacial score (nSPS) is 11.0. The van der Waals surface area contributed by atoms with Crippen molar-refractivity contribution in [2.24, 2.45) is 0 Å². The van der Waals surface area contributed by atoms with Crippen molar-refractivity contribution in [3.05, 3.63) is 68.9 Å². The van der Waals surface area contributed by atoms with E-state index in [1.165, 1.54) is 5.56 Å². The minimum atomic E-state index is -0.117. The second-order valence-corrected chi connectivity index (χ2v) is 5.90. The largest absolute Gasteiger partial charge is 0.311 e. The van der Waals surface area contributed by atoms with Gasteiger partial charge in [0.1, 0.15) is 17.5 Å². The van der Waals surface area contributed by atoms with Crippen LogP contribution in [0.25, 0.3) is 5.69 Å². The van der Waals surface area contributed by atoms with Crippen LogP contribution in [0.2, 0.25) is 0 Å². The highest BCUT2D eigenvalue weighted by molar-refractivity contribution is 5.35. The molecule has 0 aliphatic carbocycles. The van der Waals surface area contributed by atoms with Crippen molar-refractivity contribution in [3.63, 3.8) is 0 Å². The summed E-state index contributed by atoms with van der Waals surface area (Å²) in [5, 5.41) is 4.48. The van der Waals surface area contributed by atoms with Crippen molar-refractivity contribution in [3.8, 4) is 5.69 Å². The van der Waals surface area contributed by atoms with Crippen LogP contribution in [0.1, 0.15) is 41.2 Å². The molecule has 6 nitrogen and oxygen atoms in total. The van der Waals surface area contributed by atoms with Crippen LogP contribution in [0.15, 0.2) is 29.1 Å². The topological polar surface area (TPSA) is 76.5 Å². The van der Waals surface area contributed by atoms with Gasteiger partial charge in [0.05, 0.1) is 5.69 Å². The van der Waals surface area contributed by atoms with E-state index in [4.69, 9.17) is 0 Å². The van der Waals surface area contributed by atoms with Crippen molar-refractivity contribution in [2.75, 3.05) is 0 Å². The maximum absolute atomic E-state index is 12.3. The number of hydrogen-bond acceptors (Lipinski definition) is 4. The monoisotopic (exact) mass is 323 g/mol. The zero-order valence-corrected chi connectivity index (χ0v) is 14.4. The Bertz CT molecular complexity index is 922. The fourth-order valence-corrected chi connectivity index (χ4v) is 2.77. The molecule has 0 saturated carbocycles. The first-order chi connectivity index (χ1) is 11.5. The summed E-state index contributed by atoms with van der Waals surface area (Å²) in [5.74, 6) is 2.03. The molecule has 2 heterocycles. The summed E-state index contributed by atoms with van der Waals surface area (Å²) in [6, 6.07) is 8.23. The summed E-state index contributed by atoms with van der Waals surface area (Å²) in [7, 11) is 0. The molecule has 0 saturated heterocycles. The van der Waals surface area contributed by atoms with Gasteiger partial charge in [0.2, 0.25) is 0 Å². The molecule has 0 radical (unpaired) electrons. The fraction of sp³-hybridized carbons (Fsp3) is 0.333. The Morgan fingerprint density at radius 2 is 1.79 bits per heavy atom. The van der Waals surface area contributed by atoms with E-state index >= 15 is 0 Å². The lowest BCUT2D eigenvalue weighted by Crippen LogP contribution is -2.19. The summed E-state index contributed by atoms with van der Waals surface area (Å²) in [4.78, 5) is 23.9. The molecule has 0 unspecified atom stereocenters. The van der Waals surface area contributed by atoms with Gasteiger partial charge in [-0.25, -0.2) is 14.6 Å². The number of nitrogens with zero attached hydrogens (tertiary/aromatic N) is 4. The highest BCUT2D eigenvalue weighted by Gasteiger charge is 2.15. The Balaban J connectivity index is 2.02. The minimum absolute atomic E-state index is 0.117. The number of nitrogens with one attached hydrogen (secondary N) is 1. The highest BCUT2D eigenvalue weighted by atomic mass is 16.1. The molecule has 0 bridgehead atoms. The number of aromatic nitrogens is 5. The molecule has 2 aromatic heterocycles. The van der Waals surface area contributed by atoms with Crippen LogP contribution < -0.4 is 5.56 Å². The summed E-state index contributed by atoms with van der Waals surface area (Å²) >= 11 is 0. The SMILES string of the molecule is CCc1ccc(-n2nc(C)nc2Cc2c(C)nc(C)[nH]c2=O)cc1. The molecule has 3 rings (SSSR count). The molecule has 24 heavy (non-hydrogen) atoms. The molecule has 0 aliphatic rings. The molecule has 1 aromatic carbocycles. The van der Waals surface area contributed by atoms with Gasteiger partial charge in [0, 0.05) is 17.7 Å². The lowest BCUT2D eigenvalue weighted by Gasteiger charge is -2.08. The van der Waals surface area contributed by atoms with Gasteiger partial charge in [-0.05, 0) is 44.9 Å². The number of aromatic amines is 1. The first kappa shape index (κ1) is 16.1. The molecular formula is C18H21N5O. The predicted octanol–water partition coefficient (Wildman–Crippen LogP) is 2.43.